The molecule has 1 aromatic rings. The number of urea groups is 1. The molecule has 3 N–H and O–H groups in total. The van der Waals surface area contributed by atoms with Crippen molar-refractivity contribution in [2.75, 3.05) is 18.4 Å². The van der Waals surface area contributed by atoms with E-state index in [1.807, 2.05) is 12.1 Å². The highest BCUT2D eigenvalue weighted by molar-refractivity contribution is 6.33. The second kappa shape index (κ2) is 5.89. The van der Waals surface area contributed by atoms with Gasteiger partial charge in [-0.1, -0.05) is 23.7 Å². The van der Waals surface area contributed by atoms with Crippen molar-refractivity contribution < 1.29 is 4.79 Å². The van der Waals surface area contributed by atoms with E-state index in [4.69, 9.17) is 11.6 Å². The van der Waals surface area contributed by atoms with Crippen LogP contribution in [-0.4, -0.2) is 25.2 Å². The highest BCUT2D eigenvalue weighted by Crippen LogP contribution is 2.20. The van der Waals surface area contributed by atoms with Crippen LogP contribution in [0.15, 0.2) is 24.3 Å². The Morgan fingerprint density at radius 2 is 2.06 bits per heavy atom. The highest BCUT2D eigenvalue weighted by atomic mass is 35.5. The summed E-state index contributed by atoms with van der Waals surface area (Å²) in [5, 5.41) is 9.33. The predicted octanol–water partition coefficient (Wildman–Crippen LogP) is 2.21. The lowest BCUT2D eigenvalue weighted by atomic mass is 10.3. The van der Waals surface area contributed by atoms with Crippen molar-refractivity contribution in [1.29, 1.82) is 0 Å². The van der Waals surface area contributed by atoms with Crippen molar-refractivity contribution in [1.82, 2.24) is 10.6 Å². The third-order valence-electron chi connectivity index (χ3n) is 2.54. The van der Waals surface area contributed by atoms with Crippen LogP contribution in [0.1, 0.15) is 12.8 Å². The molecule has 0 heterocycles. The fraction of sp³-hybridized carbons (Fsp3) is 0.417. The number of para-hydroxylation sites is 1. The minimum Gasteiger partial charge on any atom is -0.337 e. The highest BCUT2D eigenvalue weighted by Gasteiger charge is 2.19. The summed E-state index contributed by atoms with van der Waals surface area (Å²) in [4.78, 5) is 11.5. The van der Waals surface area contributed by atoms with Crippen molar-refractivity contribution in [3.05, 3.63) is 29.3 Å². The maximum absolute atomic E-state index is 11.5. The monoisotopic (exact) mass is 253 g/mol. The van der Waals surface area contributed by atoms with Gasteiger partial charge in [0, 0.05) is 19.1 Å². The molecule has 0 spiro atoms. The van der Waals surface area contributed by atoms with Crippen LogP contribution in [0.25, 0.3) is 0 Å². The minimum absolute atomic E-state index is 0.226. The number of nitrogens with one attached hydrogen (secondary N) is 3. The Morgan fingerprint density at radius 1 is 1.29 bits per heavy atom. The standard InChI is InChI=1S/C12H16ClN3O/c13-10-3-1-2-4-11(10)16-12(17)15-8-7-14-9-5-6-9/h1-4,9,14H,5-8H2,(H2,15,16,17). The molecule has 0 aliphatic heterocycles. The SMILES string of the molecule is O=C(NCCNC1CC1)Nc1ccccc1Cl. The molecular formula is C12H16ClN3O. The number of rotatable bonds is 5. The van der Waals surface area contributed by atoms with E-state index in [0.29, 0.717) is 23.3 Å². The molecule has 0 radical (unpaired) electrons. The lowest BCUT2D eigenvalue weighted by Gasteiger charge is -2.09. The summed E-state index contributed by atoms with van der Waals surface area (Å²) in [7, 11) is 0. The maximum atomic E-state index is 11.5. The zero-order chi connectivity index (χ0) is 12.1. The molecule has 4 nitrogen and oxygen atoms in total. The Hall–Kier alpha value is -1.26. The summed E-state index contributed by atoms with van der Waals surface area (Å²) in [6.07, 6.45) is 2.51. The van der Waals surface area contributed by atoms with E-state index in [-0.39, 0.29) is 6.03 Å². The molecule has 0 bridgehead atoms. The van der Waals surface area contributed by atoms with Gasteiger partial charge in [-0.25, -0.2) is 4.79 Å². The molecule has 1 aliphatic carbocycles. The van der Waals surface area contributed by atoms with Gasteiger partial charge in [0.25, 0.3) is 0 Å². The third-order valence-corrected chi connectivity index (χ3v) is 2.87. The number of halogens is 1. The van der Waals surface area contributed by atoms with E-state index in [1.165, 1.54) is 12.8 Å². The molecule has 2 amide bonds. The molecule has 0 atom stereocenters. The van der Waals surface area contributed by atoms with Crippen molar-refractivity contribution in [3.63, 3.8) is 0 Å². The number of hydrogen-bond donors (Lipinski definition) is 3. The Morgan fingerprint density at radius 3 is 2.76 bits per heavy atom. The molecule has 0 saturated heterocycles. The van der Waals surface area contributed by atoms with Gasteiger partial charge in [0.05, 0.1) is 10.7 Å². The lowest BCUT2D eigenvalue weighted by molar-refractivity contribution is 0.252. The number of hydrogen-bond acceptors (Lipinski definition) is 2. The quantitative estimate of drug-likeness (QED) is 0.705. The molecule has 1 fully saturated rings. The van der Waals surface area contributed by atoms with E-state index < -0.39 is 0 Å². The zero-order valence-corrected chi connectivity index (χ0v) is 10.3. The first-order valence-corrected chi connectivity index (χ1v) is 6.16. The number of benzene rings is 1. The molecule has 2 rings (SSSR count). The minimum atomic E-state index is -0.226. The van der Waals surface area contributed by atoms with Crippen LogP contribution in [0.5, 0.6) is 0 Å². The Labute approximate surface area is 106 Å². The van der Waals surface area contributed by atoms with Crippen molar-refractivity contribution in [2.45, 2.75) is 18.9 Å². The fourth-order valence-electron chi connectivity index (χ4n) is 1.47. The van der Waals surface area contributed by atoms with Gasteiger partial charge in [-0.2, -0.15) is 0 Å². The summed E-state index contributed by atoms with van der Waals surface area (Å²) in [5.74, 6) is 0. The Kier molecular flexibility index (Phi) is 4.23. The summed E-state index contributed by atoms with van der Waals surface area (Å²) in [6, 6.07) is 7.61. The molecule has 17 heavy (non-hydrogen) atoms. The molecule has 1 aliphatic rings. The average Bonchev–Trinajstić information content (AvgIpc) is 3.12. The van der Waals surface area contributed by atoms with E-state index in [1.54, 1.807) is 12.1 Å². The second-order valence-corrected chi connectivity index (χ2v) is 4.50. The number of carbonyl (C=O) groups excluding carboxylic acids is 1. The van der Waals surface area contributed by atoms with Crippen LogP contribution >= 0.6 is 11.6 Å². The summed E-state index contributed by atoms with van der Waals surface area (Å²) in [5.41, 5.74) is 0.627. The van der Waals surface area contributed by atoms with Gasteiger partial charge in [-0.15, -0.1) is 0 Å². The molecule has 0 aromatic heterocycles. The van der Waals surface area contributed by atoms with Crippen LogP contribution in [0.4, 0.5) is 10.5 Å². The molecular weight excluding hydrogens is 238 g/mol. The smallest absolute Gasteiger partial charge is 0.319 e. The molecule has 5 heteroatoms. The van der Waals surface area contributed by atoms with Crippen LogP contribution < -0.4 is 16.0 Å². The first kappa shape index (κ1) is 12.2. The first-order valence-electron chi connectivity index (χ1n) is 5.78. The molecule has 0 unspecified atom stereocenters. The number of amides is 2. The van der Waals surface area contributed by atoms with Crippen molar-refractivity contribution >= 4 is 23.3 Å². The summed E-state index contributed by atoms with van der Waals surface area (Å²) < 4.78 is 0. The number of carbonyl (C=O) groups is 1. The van der Waals surface area contributed by atoms with E-state index >= 15 is 0 Å². The van der Waals surface area contributed by atoms with E-state index in [9.17, 15) is 4.79 Å². The predicted molar refractivity (Wildman–Crippen MR) is 69.5 cm³/mol. The summed E-state index contributed by atoms with van der Waals surface area (Å²) >= 11 is 5.92. The van der Waals surface area contributed by atoms with E-state index in [0.717, 1.165) is 6.54 Å². The van der Waals surface area contributed by atoms with Crippen LogP contribution in [0.3, 0.4) is 0 Å². The largest absolute Gasteiger partial charge is 0.337 e. The van der Waals surface area contributed by atoms with Gasteiger partial charge in [0.2, 0.25) is 0 Å². The van der Waals surface area contributed by atoms with Gasteiger partial charge >= 0.3 is 6.03 Å². The van der Waals surface area contributed by atoms with Crippen molar-refractivity contribution in [3.8, 4) is 0 Å². The molecule has 92 valence electrons. The fourth-order valence-corrected chi connectivity index (χ4v) is 1.65. The van der Waals surface area contributed by atoms with Crippen LogP contribution in [0, 0.1) is 0 Å². The van der Waals surface area contributed by atoms with Crippen molar-refractivity contribution in [2.24, 2.45) is 0 Å². The topological polar surface area (TPSA) is 53.2 Å². The van der Waals surface area contributed by atoms with Gasteiger partial charge in [0.1, 0.15) is 0 Å². The average molecular weight is 254 g/mol. The second-order valence-electron chi connectivity index (χ2n) is 4.09. The third kappa shape index (κ3) is 4.24. The number of anilines is 1. The van der Waals surface area contributed by atoms with Gasteiger partial charge < -0.3 is 16.0 Å². The maximum Gasteiger partial charge on any atom is 0.319 e. The molecule has 1 saturated carbocycles. The normalized spacial score (nSPS) is 14.4. The lowest BCUT2D eigenvalue weighted by Crippen LogP contribution is -2.35. The van der Waals surface area contributed by atoms with Gasteiger partial charge in [-0.3, -0.25) is 0 Å². The Bertz CT molecular complexity index is 393. The van der Waals surface area contributed by atoms with Crippen LogP contribution in [0.2, 0.25) is 5.02 Å². The van der Waals surface area contributed by atoms with Crippen LogP contribution in [-0.2, 0) is 0 Å². The first-order chi connectivity index (χ1) is 8.25. The molecule has 1 aromatic carbocycles. The van der Waals surface area contributed by atoms with Gasteiger partial charge in [-0.05, 0) is 25.0 Å². The van der Waals surface area contributed by atoms with E-state index in [2.05, 4.69) is 16.0 Å². The summed E-state index contributed by atoms with van der Waals surface area (Å²) in [6.45, 7) is 1.42. The Balaban J connectivity index is 1.67. The zero-order valence-electron chi connectivity index (χ0n) is 9.50. The van der Waals surface area contributed by atoms with Gasteiger partial charge in [0.15, 0.2) is 0 Å².